The van der Waals surface area contributed by atoms with Crippen molar-refractivity contribution in [1.82, 2.24) is 4.57 Å². The number of hydrogen-bond donors (Lipinski definition) is 0. The molecule has 0 bridgehead atoms. The molecule has 0 saturated heterocycles. The molecule has 0 fully saturated rings. The standard InChI is InChI=1S/C23H26N2O6S/c1-15-10-16-18-11-19(26)17(23(27)29-4)13-25(18)22(6-9-32-14-24-2)31-21(16)12-20(15)30-8-5-7-28-3/h6,9-14,22H,5,7-8H2,1-4H3/b9-6+,24-14?/t22-/m1/s1. The normalized spacial score (nSPS) is 14.8. The minimum atomic E-state index is -0.692. The monoisotopic (exact) mass is 458 g/mol. The summed E-state index contributed by atoms with van der Waals surface area (Å²) in [6, 6.07) is 5.19. The van der Waals surface area contributed by atoms with Crippen molar-refractivity contribution in [3.8, 4) is 22.8 Å². The van der Waals surface area contributed by atoms with Gasteiger partial charge in [-0.05, 0) is 30.0 Å². The van der Waals surface area contributed by atoms with E-state index < -0.39 is 17.6 Å². The first-order valence-corrected chi connectivity index (χ1v) is 10.9. The van der Waals surface area contributed by atoms with Gasteiger partial charge in [0.05, 0.1) is 25.0 Å². The van der Waals surface area contributed by atoms with E-state index in [2.05, 4.69) is 4.99 Å². The Morgan fingerprint density at radius 2 is 2.09 bits per heavy atom. The van der Waals surface area contributed by atoms with Crippen molar-refractivity contribution in [2.75, 3.05) is 34.5 Å². The quantitative estimate of drug-likeness (QED) is 0.244. The molecule has 8 nitrogen and oxygen atoms in total. The van der Waals surface area contributed by atoms with Gasteiger partial charge in [-0.25, -0.2) is 4.79 Å². The highest BCUT2D eigenvalue weighted by Gasteiger charge is 2.27. The lowest BCUT2D eigenvalue weighted by molar-refractivity contribution is 0.0597. The van der Waals surface area contributed by atoms with Crippen molar-refractivity contribution in [2.45, 2.75) is 19.6 Å². The fraction of sp³-hybridized carbons (Fsp3) is 0.348. The minimum Gasteiger partial charge on any atom is -0.493 e. The predicted octanol–water partition coefficient (Wildman–Crippen LogP) is 3.82. The number of benzene rings is 1. The summed E-state index contributed by atoms with van der Waals surface area (Å²) in [5.41, 5.74) is 3.51. The number of hydrogen-bond acceptors (Lipinski definition) is 8. The van der Waals surface area contributed by atoms with Gasteiger partial charge in [-0.15, -0.1) is 0 Å². The first-order valence-electron chi connectivity index (χ1n) is 10.0. The molecule has 9 heteroatoms. The summed E-state index contributed by atoms with van der Waals surface area (Å²) < 4.78 is 23.7. The molecule has 3 rings (SSSR count). The van der Waals surface area contributed by atoms with Gasteiger partial charge in [0.25, 0.3) is 0 Å². The van der Waals surface area contributed by atoms with E-state index in [0.29, 0.717) is 30.4 Å². The molecular formula is C23H26N2O6S. The van der Waals surface area contributed by atoms with Crippen molar-refractivity contribution in [1.29, 1.82) is 0 Å². The minimum absolute atomic E-state index is 0.0562. The van der Waals surface area contributed by atoms with Gasteiger partial charge >= 0.3 is 5.97 Å². The average molecular weight is 459 g/mol. The summed E-state index contributed by atoms with van der Waals surface area (Å²) in [6.07, 6.45) is 3.49. The summed E-state index contributed by atoms with van der Waals surface area (Å²) in [5.74, 6) is 0.603. The lowest BCUT2D eigenvalue weighted by Crippen LogP contribution is -2.26. The van der Waals surface area contributed by atoms with Gasteiger partial charge in [0.1, 0.15) is 17.1 Å². The number of rotatable bonds is 9. The Hall–Kier alpha value is -3.04. The summed E-state index contributed by atoms with van der Waals surface area (Å²) in [7, 11) is 4.59. The van der Waals surface area contributed by atoms with Gasteiger partial charge in [-0.1, -0.05) is 11.8 Å². The van der Waals surface area contributed by atoms with Gasteiger partial charge in [-0.2, -0.15) is 0 Å². The Morgan fingerprint density at radius 1 is 1.28 bits per heavy atom. The molecular weight excluding hydrogens is 432 g/mol. The third-order valence-corrected chi connectivity index (χ3v) is 5.45. The van der Waals surface area contributed by atoms with Crippen molar-refractivity contribution >= 4 is 23.3 Å². The van der Waals surface area contributed by atoms with Crippen LogP contribution in [0.4, 0.5) is 0 Å². The van der Waals surface area contributed by atoms with E-state index in [1.165, 1.54) is 31.1 Å². The molecule has 0 radical (unpaired) electrons. The zero-order valence-corrected chi connectivity index (χ0v) is 19.3. The van der Waals surface area contributed by atoms with Crippen molar-refractivity contribution in [3.05, 3.63) is 57.2 Å². The molecule has 32 heavy (non-hydrogen) atoms. The second-order valence-electron chi connectivity index (χ2n) is 6.98. The van der Waals surface area contributed by atoms with Crippen LogP contribution in [0.15, 0.2) is 45.7 Å². The number of esters is 1. The van der Waals surface area contributed by atoms with Crippen molar-refractivity contribution in [2.24, 2.45) is 4.99 Å². The third-order valence-electron chi connectivity index (χ3n) is 4.80. The lowest BCUT2D eigenvalue weighted by atomic mass is 10.0. The molecule has 0 unspecified atom stereocenters. The number of aromatic nitrogens is 1. The molecule has 1 aromatic heterocycles. The average Bonchev–Trinajstić information content (AvgIpc) is 2.79. The van der Waals surface area contributed by atoms with Crippen LogP contribution in [-0.2, 0) is 9.47 Å². The number of carbonyl (C=O) groups excluding carboxylic acids is 1. The summed E-state index contributed by atoms with van der Waals surface area (Å²) in [6.45, 7) is 3.07. The maximum Gasteiger partial charge on any atom is 0.343 e. The van der Waals surface area contributed by atoms with Crippen molar-refractivity contribution < 1.29 is 23.7 Å². The first-order chi connectivity index (χ1) is 15.5. The molecule has 2 heterocycles. The molecule has 0 spiro atoms. The molecule has 1 atom stereocenters. The molecule has 0 amide bonds. The number of pyridine rings is 1. The zero-order chi connectivity index (χ0) is 23.1. The molecule has 1 aliphatic rings. The third kappa shape index (κ3) is 5.23. The number of aryl methyl sites for hydroxylation is 1. The second-order valence-corrected chi connectivity index (χ2v) is 7.74. The molecule has 2 aromatic rings. The van der Waals surface area contributed by atoms with Gasteiger partial charge < -0.3 is 23.5 Å². The van der Waals surface area contributed by atoms with Gasteiger partial charge in [-0.3, -0.25) is 9.79 Å². The highest BCUT2D eigenvalue weighted by Crippen LogP contribution is 2.42. The zero-order valence-electron chi connectivity index (χ0n) is 18.5. The largest absolute Gasteiger partial charge is 0.493 e. The topological polar surface area (TPSA) is 88.3 Å². The number of methoxy groups -OCH3 is 2. The van der Waals surface area contributed by atoms with Crippen LogP contribution >= 0.6 is 11.8 Å². The number of thioether (sulfide) groups is 1. The highest BCUT2D eigenvalue weighted by atomic mass is 32.2. The SMILES string of the molecule is CN=CS/C=C/[C@H]1Oc2cc(OCCCOC)c(C)cc2-c2cc(=O)c(C(=O)OC)cn21. The van der Waals surface area contributed by atoms with Crippen LogP contribution in [-0.4, -0.2) is 50.6 Å². The Labute approximate surface area is 190 Å². The number of ether oxygens (including phenoxy) is 4. The maximum absolute atomic E-state index is 12.6. The Balaban J connectivity index is 2.05. The fourth-order valence-electron chi connectivity index (χ4n) is 3.27. The number of nitrogens with zero attached hydrogens (tertiary/aromatic N) is 2. The smallest absolute Gasteiger partial charge is 0.343 e. The fourth-order valence-corrected chi connectivity index (χ4v) is 3.69. The van der Waals surface area contributed by atoms with E-state index >= 15 is 0 Å². The molecule has 0 aliphatic carbocycles. The summed E-state index contributed by atoms with van der Waals surface area (Å²) >= 11 is 1.39. The molecule has 170 valence electrons. The lowest BCUT2D eigenvalue weighted by Gasteiger charge is -2.30. The number of aliphatic imine (C=N–C) groups is 1. The van der Waals surface area contributed by atoms with Crippen molar-refractivity contribution in [3.63, 3.8) is 0 Å². The van der Waals surface area contributed by atoms with Crippen LogP contribution in [0.25, 0.3) is 11.3 Å². The maximum atomic E-state index is 12.6. The summed E-state index contributed by atoms with van der Waals surface area (Å²) in [5, 5.41) is 1.83. The number of fused-ring (bicyclic) bond motifs is 3. The van der Waals surface area contributed by atoms with E-state index in [-0.39, 0.29) is 5.56 Å². The molecule has 1 aliphatic heterocycles. The van der Waals surface area contributed by atoms with Crippen LogP contribution in [0, 0.1) is 6.92 Å². The van der Waals surface area contributed by atoms with E-state index in [9.17, 15) is 9.59 Å². The Morgan fingerprint density at radius 3 is 2.81 bits per heavy atom. The van der Waals surface area contributed by atoms with E-state index in [4.69, 9.17) is 18.9 Å². The molecule has 1 aromatic carbocycles. The van der Waals surface area contributed by atoms with Crippen LogP contribution in [0.2, 0.25) is 0 Å². The van der Waals surface area contributed by atoms with Crippen LogP contribution in [0.3, 0.4) is 0 Å². The predicted molar refractivity (Wildman–Crippen MR) is 125 cm³/mol. The van der Waals surface area contributed by atoms with Crippen LogP contribution in [0.1, 0.15) is 28.6 Å². The Bertz CT molecular complexity index is 1090. The highest BCUT2D eigenvalue weighted by molar-refractivity contribution is 8.14. The Kier molecular flexibility index (Phi) is 8.13. The number of carbonyl (C=O) groups is 1. The van der Waals surface area contributed by atoms with Gasteiger partial charge in [0.2, 0.25) is 0 Å². The summed E-state index contributed by atoms with van der Waals surface area (Å²) in [4.78, 5) is 28.6. The van der Waals surface area contributed by atoms with Gasteiger partial charge in [0, 0.05) is 51.1 Å². The van der Waals surface area contributed by atoms with E-state index in [1.54, 1.807) is 24.3 Å². The van der Waals surface area contributed by atoms with E-state index in [1.807, 2.05) is 30.5 Å². The second kappa shape index (κ2) is 11.0. The molecule has 0 N–H and O–H groups in total. The van der Waals surface area contributed by atoms with Crippen LogP contribution in [0.5, 0.6) is 11.5 Å². The van der Waals surface area contributed by atoms with Gasteiger partial charge in [0.15, 0.2) is 11.7 Å². The molecule has 0 saturated carbocycles. The van der Waals surface area contributed by atoms with E-state index in [0.717, 1.165) is 17.5 Å². The van der Waals surface area contributed by atoms with Crippen LogP contribution < -0.4 is 14.9 Å². The first kappa shape index (κ1) is 23.6.